The quantitative estimate of drug-likeness (QED) is 0.577. The van der Waals surface area contributed by atoms with Crippen molar-refractivity contribution >= 4 is 40.8 Å². The number of carbonyl (C=O) groups is 2. The van der Waals surface area contributed by atoms with E-state index in [0.717, 1.165) is 12.0 Å². The molecule has 0 spiro atoms. The van der Waals surface area contributed by atoms with Gasteiger partial charge in [-0.1, -0.05) is 53.6 Å². The van der Waals surface area contributed by atoms with E-state index in [1.165, 1.54) is 6.08 Å². The smallest absolute Gasteiger partial charge is 0.317 e. The Morgan fingerprint density at radius 2 is 2.15 bits per heavy atom. The van der Waals surface area contributed by atoms with Crippen LogP contribution in [0.1, 0.15) is 24.8 Å². The Balaban J connectivity index is 1.65. The lowest BCUT2D eigenvalue weighted by molar-refractivity contribution is -0.141. The number of benzene rings is 1. The molecule has 1 saturated heterocycles. The third-order valence-electron chi connectivity index (χ3n) is 7.39. The van der Waals surface area contributed by atoms with E-state index in [0.29, 0.717) is 34.3 Å². The molecule has 34 heavy (non-hydrogen) atoms. The topological polar surface area (TPSA) is 69.6 Å². The van der Waals surface area contributed by atoms with Gasteiger partial charge in [0.05, 0.1) is 12.5 Å². The molecule has 2 N–H and O–H groups in total. The summed E-state index contributed by atoms with van der Waals surface area (Å²) in [7, 11) is 0. The first-order chi connectivity index (χ1) is 16.2. The van der Waals surface area contributed by atoms with Crippen molar-refractivity contribution in [3.63, 3.8) is 0 Å². The summed E-state index contributed by atoms with van der Waals surface area (Å²) in [5.41, 5.74) is -0.432. The molecule has 0 saturated carbocycles. The van der Waals surface area contributed by atoms with Crippen molar-refractivity contribution in [2.45, 2.75) is 31.0 Å². The Bertz CT molecular complexity index is 1160. The lowest BCUT2D eigenvalue weighted by Gasteiger charge is -2.48. The Labute approximate surface area is 207 Å². The van der Waals surface area contributed by atoms with Gasteiger partial charge in [-0.25, -0.2) is 4.39 Å². The van der Waals surface area contributed by atoms with Gasteiger partial charge in [0.25, 0.3) is 0 Å². The lowest BCUT2D eigenvalue weighted by Crippen LogP contribution is -2.56. The average molecular weight is 503 g/mol. The highest BCUT2D eigenvalue weighted by Crippen LogP contribution is 2.49. The molecule has 2 aliphatic heterocycles. The third-order valence-corrected chi connectivity index (χ3v) is 7.88. The van der Waals surface area contributed by atoms with E-state index >= 15 is 4.39 Å². The van der Waals surface area contributed by atoms with Crippen LogP contribution < -0.4 is 5.32 Å². The largest absolute Gasteiger partial charge is 0.480 e. The van der Waals surface area contributed by atoms with E-state index in [-0.39, 0.29) is 30.7 Å². The molecule has 8 heteroatoms. The van der Waals surface area contributed by atoms with Crippen LogP contribution in [-0.4, -0.2) is 41.0 Å². The van der Waals surface area contributed by atoms with Gasteiger partial charge in [0.2, 0.25) is 5.91 Å². The first kappa shape index (κ1) is 23.3. The highest BCUT2D eigenvalue weighted by molar-refractivity contribution is 6.31. The minimum atomic E-state index is -1.84. The van der Waals surface area contributed by atoms with Gasteiger partial charge >= 0.3 is 5.97 Å². The Kier molecular flexibility index (Phi) is 6.17. The fourth-order valence-corrected chi connectivity index (χ4v) is 6.44. The Morgan fingerprint density at radius 1 is 1.32 bits per heavy atom. The molecule has 4 aliphatic rings. The number of carboxylic acid groups (broad SMARTS) is 1. The van der Waals surface area contributed by atoms with E-state index < -0.39 is 23.6 Å². The van der Waals surface area contributed by atoms with Gasteiger partial charge in [-0.15, -0.1) is 0 Å². The van der Waals surface area contributed by atoms with Crippen molar-refractivity contribution in [1.29, 1.82) is 0 Å². The van der Waals surface area contributed by atoms with Crippen molar-refractivity contribution in [3.05, 3.63) is 75.8 Å². The van der Waals surface area contributed by atoms with Crippen LogP contribution in [0.3, 0.4) is 0 Å². The third kappa shape index (κ3) is 4.23. The number of anilines is 1. The maximum absolute atomic E-state index is 16.4. The molecule has 5 atom stereocenters. The number of hydrogen-bond donors (Lipinski definition) is 2. The normalized spacial score (nSPS) is 32.9. The summed E-state index contributed by atoms with van der Waals surface area (Å²) in [4.78, 5) is 27.4. The first-order valence-electron chi connectivity index (χ1n) is 11.4. The fraction of sp³-hybridized carbons (Fsp3) is 0.385. The molecule has 1 aromatic rings. The fourth-order valence-electron chi connectivity index (χ4n) is 6.02. The lowest BCUT2D eigenvalue weighted by atomic mass is 9.67. The van der Waals surface area contributed by atoms with E-state index in [9.17, 15) is 14.7 Å². The van der Waals surface area contributed by atoms with Gasteiger partial charge < -0.3 is 10.4 Å². The summed E-state index contributed by atoms with van der Waals surface area (Å²) in [5.74, 6) is -1.89. The van der Waals surface area contributed by atoms with Gasteiger partial charge in [-0.2, -0.15) is 0 Å². The summed E-state index contributed by atoms with van der Waals surface area (Å²) in [6.07, 6.45) is 12.3. The molecular formula is C26H25Cl2FN2O3. The number of halogens is 3. The maximum atomic E-state index is 16.4. The molecule has 5 nitrogen and oxygen atoms in total. The zero-order chi connectivity index (χ0) is 24.0. The van der Waals surface area contributed by atoms with Crippen LogP contribution in [0, 0.1) is 17.8 Å². The van der Waals surface area contributed by atoms with Gasteiger partial charge in [0.15, 0.2) is 5.67 Å². The van der Waals surface area contributed by atoms with Crippen molar-refractivity contribution in [3.8, 4) is 0 Å². The van der Waals surface area contributed by atoms with Crippen molar-refractivity contribution in [2.75, 3.05) is 18.4 Å². The number of fused-ring (bicyclic) bond motifs is 6. The van der Waals surface area contributed by atoms with Crippen LogP contribution in [-0.2, 0) is 15.3 Å². The molecule has 2 heterocycles. The van der Waals surface area contributed by atoms with Crippen LogP contribution in [0.2, 0.25) is 5.02 Å². The van der Waals surface area contributed by atoms with Gasteiger partial charge in [-0.3, -0.25) is 14.5 Å². The number of rotatable bonds is 3. The second-order valence-electron chi connectivity index (χ2n) is 9.46. The molecule has 1 amide bonds. The van der Waals surface area contributed by atoms with E-state index in [1.807, 2.05) is 24.3 Å². The number of aliphatic carboxylic acids is 1. The molecule has 5 rings (SSSR count). The van der Waals surface area contributed by atoms with E-state index in [1.54, 1.807) is 29.2 Å². The van der Waals surface area contributed by atoms with Gasteiger partial charge in [0, 0.05) is 33.8 Å². The second-order valence-corrected chi connectivity index (χ2v) is 10.3. The molecule has 0 radical (unpaired) electrons. The molecule has 0 aromatic heterocycles. The molecular weight excluding hydrogens is 478 g/mol. The Morgan fingerprint density at radius 3 is 2.91 bits per heavy atom. The number of allylic oxidation sites excluding steroid dienone is 7. The van der Waals surface area contributed by atoms with Gasteiger partial charge in [0.1, 0.15) is 0 Å². The molecule has 178 valence electrons. The van der Waals surface area contributed by atoms with Crippen LogP contribution in [0.5, 0.6) is 0 Å². The van der Waals surface area contributed by atoms with Gasteiger partial charge in [-0.05, 0) is 61.1 Å². The number of alkyl halides is 1. The molecule has 3 unspecified atom stereocenters. The summed E-state index contributed by atoms with van der Waals surface area (Å²) in [5, 5.41) is 13.6. The average Bonchev–Trinajstić information content (AvgIpc) is 2.80. The van der Waals surface area contributed by atoms with Crippen molar-refractivity contribution < 1.29 is 19.1 Å². The summed E-state index contributed by atoms with van der Waals surface area (Å²) >= 11 is 12.5. The number of likely N-dealkylation sites (tertiary alicyclic amines) is 1. The predicted molar refractivity (Wildman–Crippen MR) is 130 cm³/mol. The standard InChI is InChI=1S/C26H25Cl2FN2O3/c27-17-5-1-3-15(11-17)19-8-10-31(14-22(32)33)24-16-4-2-9-26(29,13-16)20-7-6-18(28)12-21(20)30-25(34)23(19)24/h1-2,4-7,9,11-12,15,19,23-24H,3,8,10,13-14H2,(H,30,34)(H,32,33)/t15?,19-,23?,24+,26?/m0/s1. The predicted octanol–water partition coefficient (Wildman–Crippen LogP) is 5.43. The molecule has 1 aromatic carbocycles. The molecule has 2 bridgehead atoms. The number of nitrogens with zero attached hydrogens (tertiary/aromatic N) is 1. The molecule has 1 fully saturated rings. The highest BCUT2D eigenvalue weighted by atomic mass is 35.5. The molecule has 2 aliphatic carbocycles. The summed E-state index contributed by atoms with van der Waals surface area (Å²) in [6, 6.07) is 4.26. The number of nitrogens with one attached hydrogen (secondary N) is 1. The minimum Gasteiger partial charge on any atom is -0.480 e. The minimum absolute atomic E-state index is 0.0252. The number of hydrogen-bond acceptors (Lipinski definition) is 3. The van der Waals surface area contributed by atoms with Crippen LogP contribution >= 0.6 is 23.2 Å². The van der Waals surface area contributed by atoms with Crippen molar-refractivity contribution in [1.82, 2.24) is 4.90 Å². The Hall–Kier alpha value is -2.41. The van der Waals surface area contributed by atoms with Crippen LogP contribution in [0.4, 0.5) is 10.1 Å². The number of amides is 1. The zero-order valence-electron chi connectivity index (χ0n) is 18.4. The van der Waals surface area contributed by atoms with Crippen LogP contribution in [0.15, 0.2) is 65.3 Å². The highest BCUT2D eigenvalue weighted by Gasteiger charge is 2.50. The number of piperidine rings is 1. The number of carboxylic acids is 1. The summed E-state index contributed by atoms with van der Waals surface area (Å²) in [6.45, 7) is 0.275. The second kappa shape index (κ2) is 8.99. The zero-order valence-corrected chi connectivity index (χ0v) is 19.9. The SMILES string of the molecule is O=C(O)CN1CC[C@@H](C2C=C(Cl)C=CC2)C2C(=O)Nc3cc(Cl)ccc3C3(F)C=CC=C(C3)[C@H]21. The summed E-state index contributed by atoms with van der Waals surface area (Å²) < 4.78 is 16.4. The number of carbonyl (C=O) groups excluding carboxylic acids is 1. The van der Waals surface area contributed by atoms with E-state index in [2.05, 4.69) is 5.32 Å². The monoisotopic (exact) mass is 502 g/mol. The van der Waals surface area contributed by atoms with Crippen LogP contribution in [0.25, 0.3) is 0 Å². The maximum Gasteiger partial charge on any atom is 0.317 e. The first-order valence-corrected chi connectivity index (χ1v) is 12.2. The van der Waals surface area contributed by atoms with E-state index in [4.69, 9.17) is 23.2 Å². The van der Waals surface area contributed by atoms with Crippen molar-refractivity contribution in [2.24, 2.45) is 17.8 Å².